The molecule has 1 saturated heterocycles. The van der Waals surface area contributed by atoms with Crippen molar-refractivity contribution >= 4 is 40.1 Å². The predicted molar refractivity (Wildman–Crippen MR) is 155 cm³/mol. The molecule has 0 unspecified atom stereocenters. The van der Waals surface area contributed by atoms with Gasteiger partial charge in [0.05, 0.1) is 12.1 Å². The fourth-order valence-corrected chi connectivity index (χ4v) is 5.78. The molecule has 10 nitrogen and oxygen atoms in total. The highest BCUT2D eigenvalue weighted by molar-refractivity contribution is 7.13. The van der Waals surface area contributed by atoms with Gasteiger partial charge in [0.25, 0.3) is 0 Å². The number of fused-ring (bicyclic) bond motifs is 1. The van der Waals surface area contributed by atoms with Crippen LogP contribution in [0.25, 0.3) is 32.6 Å². The van der Waals surface area contributed by atoms with E-state index in [1.54, 1.807) is 32.0 Å². The van der Waals surface area contributed by atoms with Gasteiger partial charge in [-0.25, -0.2) is 19.6 Å². The summed E-state index contributed by atoms with van der Waals surface area (Å²) in [5.41, 5.74) is -0.00141. The van der Waals surface area contributed by atoms with Crippen molar-refractivity contribution < 1.29 is 32.2 Å². The highest BCUT2D eigenvalue weighted by atomic mass is 32.1. The number of alkyl halides is 3. The fraction of sp³-hybridized carbons (Fsp3) is 0.345. The summed E-state index contributed by atoms with van der Waals surface area (Å²) < 4.78 is 52.8. The molecule has 14 heteroatoms. The summed E-state index contributed by atoms with van der Waals surface area (Å²) in [6, 6.07) is 5.94. The number of nitrogens with one attached hydrogen (secondary N) is 2. The maximum Gasteiger partial charge on any atom is 0.434 e. The van der Waals surface area contributed by atoms with Crippen LogP contribution < -0.4 is 16.1 Å². The first-order chi connectivity index (χ1) is 20.6. The number of rotatable bonds is 7. The van der Waals surface area contributed by atoms with Crippen LogP contribution in [-0.2, 0) is 15.7 Å². The van der Waals surface area contributed by atoms with Crippen molar-refractivity contribution in [2.75, 3.05) is 31.7 Å². The molecule has 2 amide bonds. The van der Waals surface area contributed by atoms with Crippen molar-refractivity contribution in [3.8, 4) is 21.7 Å². The summed E-state index contributed by atoms with van der Waals surface area (Å²) in [6.07, 6.45) is -0.352. The van der Waals surface area contributed by atoms with E-state index >= 15 is 0 Å². The van der Waals surface area contributed by atoms with Crippen LogP contribution >= 0.6 is 11.3 Å². The van der Waals surface area contributed by atoms with E-state index < -0.39 is 29.3 Å². The van der Waals surface area contributed by atoms with Gasteiger partial charge in [0, 0.05) is 60.1 Å². The Bertz CT molecular complexity index is 1730. The van der Waals surface area contributed by atoms with Gasteiger partial charge in [0.1, 0.15) is 16.4 Å². The molecule has 2 N–H and O–H groups in total. The number of ether oxygens (including phenoxy) is 2. The smallest absolute Gasteiger partial charge is 0.434 e. The summed E-state index contributed by atoms with van der Waals surface area (Å²) in [4.78, 5) is 46.6. The molecule has 1 aliphatic heterocycles. The molecule has 0 radical (unpaired) electrons. The van der Waals surface area contributed by atoms with E-state index in [0.717, 1.165) is 16.7 Å². The standard InChI is InChI=1S/C29H28F3N5O5S/c1-3-33-28(40)36-24-12-18(26-35-23(15-43-26)29(30,31)32)20(13-34-24)16-5-6-22-19(11-16)25(38)21(27(39)42-4-2)14-37(22)17-7-9-41-10-8-17/h5-6,11-15,17H,3-4,7-10H2,1-2H3,(H2,33,34,36,40). The molecule has 0 bridgehead atoms. The third-order valence-corrected chi connectivity index (χ3v) is 7.81. The van der Waals surface area contributed by atoms with Gasteiger partial charge in [0.2, 0.25) is 5.43 Å². The zero-order valence-corrected chi connectivity index (χ0v) is 24.1. The van der Waals surface area contributed by atoms with E-state index in [-0.39, 0.29) is 40.0 Å². The van der Waals surface area contributed by atoms with Crippen molar-refractivity contribution in [2.45, 2.75) is 38.9 Å². The number of benzene rings is 1. The zero-order valence-electron chi connectivity index (χ0n) is 23.3. The van der Waals surface area contributed by atoms with Crippen LogP contribution in [0.5, 0.6) is 0 Å². The summed E-state index contributed by atoms with van der Waals surface area (Å²) in [6.45, 7) is 4.89. The fourth-order valence-electron chi connectivity index (χ4n) is 4.92. The molecule has 1 aromatic carbocycles. The molecule has 43 heavy (non-hydrogen) atoms. The van der Waals surface area contributed by atoms with Crippen LogP contribution in [0.3, 0.4) is 0 Å². The maximum atomic E-state index is 13.6. The molecular formula is C29H28F3N5O5S. The van der Waals surface area contributed by atoms with Crippen molar-refractivity contribution in [1.82, 2.24) is 19.9 Å². The van der Waals surface area contributed by atoms with E-state index in [1.807, 2.05) is 4.57 Å². The number of carbonyl (C=O) groups is 2. The van der Waals surface area contributed by atoms with Gasteiger partial charge in [-0.05, 0) is 50.5 Å². The van der Waals surface area contributed by atoms with E-state index in [4.69, 9.17) is 9.47 Å². The number of urea groups is 1. The lowest BCUT2D eigenvalue weighted by atomic mass is 9.98. The first kappa shape index (κ1) is 30.2. The molecular weight excluding hydrogens is 587 g/mol. The average Bonchev–Trinajstić information content (AvgIpc) is 3.49. The Morgan fingerprint density at radius 1 is 1.16 bits per heavy atom. The Hall–Kier alpha value is -4.30. The summed E-state index contributed by atoms with van der Waals surface area (Å²) in [5.74, 6) is -0.646. The monoisotopic (exact) mass is 615 g/mol. The van der Waals surface area contributed by atoms with E-state index in [9.17, 15) is 27.6 Å². The second kappa shape index (κ2) is 12.5. The van der Waals surface area contributed by atoms with Gasteiger partial charge < -0.3 is 19.4 Å². The third-order valence-electron chi connectivity index (χ3n) is 6.93. The molecule has 5 rings (SSSR count). The lowest BCUT2D eigenvalue weighted by Crippen LogP contribution is -2.28. The molecule has 0 saturated carbocycles. The SMILES string of the molecule is CCNC(=O)Nc1cc(-c2nc(C(F)(F)F)cs2)c(-c2ccc3c(c2)c(=O)c(C(=O)OCC)cn3C2CCOCC2)cn1. The van der Waals surface area contributed by atoms with Gasteiger partial charge in [-0.15, -0.1) is 11.3 Å². The highest BCUT2D eigenvalue weighted by Gasteiger charge is 2.34. The minimum absolute atomic E-state index is 0.0242. The molecule has 0 aliphatic carbocycles. The second-order valence-electron chi connectivity index (χ2n) is 9.71. The number of esters is 1. The molecule has 0 atom stereocenters. The highest BCUT2D eigenvalue weighted by Crippen LogP contribution is 2.39. The molecule has 1 fully saturated rings. The van der Waals surface area contributed by atoms with Crippen LogP contribution in [-0.4, -0.2) is 52.9 Å². The Balaban J connectivity index is 1.69. The first-order valence-electron chi connectivity index (χ1n) is 13.6. The molecule has 1 aliphatic rings. The van der Waals surface area contributed by atoms with Crippen LogP contribution in [0, 0.1) is 0 Å². The van der Waals surface area contributed by atoms with Gasteiger partial charge in [-0.1, -0.05) is 6.07 Å². The van der Waals surface area contributed by atoms with Gasteiger partial charge in [-0.3, -0.25) is 10.1 Å². The summed E-state index contributed by atoms with van der Waals surface area (Å²) >= 11 is 0.790. The normalized spacial score (nSPS) is 14.1. The minimum Gasteiger partial charge on any atom is -0.462 e. The topological polar surface area (TPSA) is 124 Å². The molecule has 0 spiro atoms. The van der Waals surface area contributed by atoms with Gasteiger partial charge in [-0.2, -0.15) is 13.2 Å². The summed E-state index contributed by atoms with van der Waals surface area (Å²) in [5, 5.41) is 6.33. The second-order valence-corrected chi connectivity index (χ2v) is 10.6. The number of carbonyl (C=O) groups excluding carboxylic acids is 2. The Morgan fingerprint density at radius 3 is 2.60 bits per heavy atom. The van der Waals surface area contributed by atoms with Crippen LogP contribution in [0.4, 0.5) is 23.8 Å². The van der Waals surface area contributed by atoms with Crippen molar-refractivity contribution in [1.29, 1.82) is 0 Å². The average molecular weight is 616 g/mol. The van der Waals surface area contributed by atoms with E-state index in [1.165, 1.54) is 18.5 Å². The minimum atomic E-state index is -4.65. The molecule has 226 valence electrons. The van der Waals surface area contributed by atoms with Crippen molar-refractivity contribution in [2.24, 2.45) is 0 Å². The first-order valence-corrected chi connectivity index (χ1v) is 14.5. The Morgan fingerprint density at radius 2 is 1.93 bits per heavy atom. The van der Waals surface area contributed by atoms with Crippen molar-refractivity contribution in [3.05, 3.63) is 63.5 Å². The summed E-state index contributed by atoms with van der Waals surface area (Å²) in [7, 11) is 0. The lowest BCUT2D eigenvalue weighted by molar-refractivity contribution is -0.140. The number of anilines is 1. The number of amides is 2. The van der Waals surface area contributed by atoms with E-state index in [0.29, 0.717) is 49.2 Å². The Kier molecular flexibility index (Phi) is 8.78. The number of aromatic nitrogens is 3. The third kappa shape index (κ3) is 6.39. The van der Waals surface area contributed by atoms with Gasteiger partial charge in [0.15, 0.2) is 5.69 Å². The number of hydrogen-bond acceptors (Lipinski definition) is 8. The van der Waals surface area contributed by atoms with Crippen LogP contribution in [0.1, 0.15) is 48.8 Å². The number of hydrogen-bond donors (Lipinski definition) is 2. The van der Waals surface area contributed by atoms with Crippen LogP contribution in [0.15, 0.2) is 46.8 Å². The number of pyridine rings is 2. The zero-order chi connectivity index (χ0) is 30.7. The maximum absolute atomic E-state index is 13.6. The van der Waals surface area contributed by atoms with Crippen LogP contribution in [0.2, 0.25) is 0 Å². The van der Waals surface area contributed by atoms with Gasteiger partial charge >= 0.3 is 18.2 Å². The predicted octanol–water partition coefficient (Wildman–Crippen LogP) is 5.88. The van der Waals surface area contributed by atoms with Crippen molar-refractivity contribution in [3.63, 3.8) is 0 Å². The van der Waals surface area contributed by atoms with E-state index in [2.05, 4.69) is 20.6 Å². The molecule has 3 aromatic heterocycles. The molecule has 4 aromatic rings. The number of halogens is 3. The lowest BCUT2D eigenvalue weighted by Gasteiger charge is -2.27. The largest absolute Gasteiger partial charge is 0.462 e. The quantitative estimate of drug-likeness (QED) is 0.249. The number of thiazole rings is 1. The number of nitrogens with zero attached hydrogens (tertiary/aromatic N) is 3. The molecule has 4 heterocycles. The Labute approximate surface area is 247 Å².